The van der Waals surface area contributed by atoms with Crippen LogP contribution in [0.15, 0.2) is 11.3 Å². The Hall–Kier alpha value is -0.860. The molecule has 0 amide bonds. The molecule has 18 heavy (non-hydrogen) atoms. The normalized spacial score (nSPS) is 11.9. The van der Waals surface area contributed by atoms with Crippen molar-refractivity contribution in [1.82, 2.24) is 25.4 Å². The second kappa shape index (κ2) is 7.55. The number of rotatable bonds is 3. The van der Waals surface area contributed by atoms with Gasteiger partial charge in [0.1, 0.15) is 18.7 Å². The third kappa shape index (κ3) is 6.18. The van der Waals surface area contributed by atoms with E-state index >= 15 is 0 Å². The van der Waals surface area contributed by atoms with Gasteiger partial charge in [0, 0.05) is 19.1 Å². The third-order valence-electron chi connectivity index (χ3n) is 2.02. The van der Waals surface area contributed by atoms with Crippen molar-refractivity contribution in [2.45, 2.75) is 39.8 Å². The summed E-state index contributed by atoms with van der Waals surface area (Å²) in [5.74, 6) is 1.64. The van der Waals surface area contributed by atoms with Crippen LogP contribution in [0.3, 0.4) is 0 Å². The fourth-order valence-electron chi connectivity index (χ4n) is 1.28. The number of hydrogen-bond acceptors (Lipinski definition) is 3. The first-order valence-electron chi connectivity index (χ1n) is 5.81. The summed E-state index contributed by atoms with van der Waals surface area (Å²) in [6, 6.07) is 0. The van der Waals surface area contributed by atoms with Crippen molar-refractivity contribution < 1.29 is 0 Å². The van der Waals surface area contributed by atoms with E-state index in [9.17, 15) is 0 Å². The van der Waals surface area contributed by atoms with E-state index in [2.05, 4.69) is 46.5 Å². The summed E-state index contributed by atoms with van der Waals surface area (Å²) in [5, 5.41) is 10.5. The summed E-state index contributed by atoms with van der Waals surface area (Å²) < 4.78 is 1.73. The van der Waals surface area contributed by atoms with Crippen molar-refractivity contribution in [3.05, 3.63) is 12.2 Å². The highest BCUT2D eigenvalue weighted by Crippen LogP contribution is 1.99. The molecule has 7 heteroatoms. The Morgan fingerprint density at radius 3 is 2.56 bits per heavy atom. The van der Waals surface area contributed by atoms with Gasteiger partial charge in [-0.15, -0.1) is 24.0 Å². The van der Waals surface area contributed by atoms with E-state index in [1.807, 2.05) is 14.0 Å². The zero-order chi connectivity index (χ0) is 12.9. The minimum absolute atomic E-state index is 0. The quantitative estimate of drug-likeness (QED) is 0.481. The van der Waals surface area contributed by atoms with Crippen LogP contribution in [0.2, 0.25) is 0 Å². The van der Waals surface area contributed by atoms with Gasteiger partial charge in [-0.25, -0.2) is 9.98 Å². The lowest BCUT2D eigenvalue weighted by Gasteiger charge is -2.23. The van der Waals surface area contributed by atoms with Crippen molar-refractivity contribution in [1.29, 1.82) is 0 Å². The van der Waals surface area contributed by atoms with E-state index in [0.29, 0.717) is 6.54 Å². The SMILES string of the molecule is CCNC(=NCc1ncnn1C)NC(C)(C)C.I. The van der Waals surface area contributed by atoms with Crippen molar-refractivity contribution in [2.75, 3.05) is 6.54 Å². The summed E-state index contributed by atoms with van der Waals surface area (Å²) in [6.45, 7) is 9.69. The molecule has 0 unspecified atom stereocenters. The van der Waals surface area contributed by atoms with E-state index in [4.69, 9.17) is 0 Å². The maximum Gasteiger partial charge on any atom is 0.192 e. The molecule has 0 saturated carbocycles. The number of aromatic nitrogens is 3. The highest BCUT2D eigenvalue weighted by Gasteiger charge is 2.11. The highest BCUT2D eigenvalue weighted by atomic mass is 127. The van der Waals surface area contributed by atoms with Gasteiger partial charge in [-0.3, -0.25) is 4.68 Å². The second-order valence-electron chi connectivity index (χ2n) is 4.87. The average molecular weight is 366 g/mol. The van der Waals surface area contributed by atoms with E-state index in [1.54, 1.807) is 4.68 Å². The Morgan fingerprint density at radius 1 is 1.44 bits per heavy atom. The first-order chi connectivity index (χ1) is 7.92. The Bertz CT molecular complexity index is 379. The van der Waals surface area contributed by atoms with Gasteiger partial charge in [0.25, 0.3) is 0 Å². The number of aliphatic imine (C=N–C) groups is 1. The van der Waals surface area contributed by atoms with Crippen LogP contribution < -0.4 is 10.6 Å². The standard InChI is InChI=1S/C11H22N6.HI/c1-6-12-10(16-11(2,3)4)13-7-9-14-8-15-17(9)5;/h8H,6-7H2,1-5H3,(H2,12,13,16);1H. The summed E-state index contributed by atoms with van der Waals surface area (Å²) in [7, 11) is 1.86. The smallest absolute Gasteiger partial charge is 0.192 e. The van der Waals surface area contributed by atoms with E-state index in [-0.39, 0.29) is 29.5 Å². The molecule has 0 aliphatic rings. The molecule has 1 rings (SSSR count). The van der Waals surface area contributed by atoms with Gasteiger partial charge in [0.15, 0.2) is 5.96 Å². The van der Waals surface area contributed by atoms with E-state index < -0.39 is 0 Å². The van der Waals surface area contributed by atoms with Gasteiger partial charge < -0.3 is 10.6 Å². The molecule has 2 N–H and O–H groups in total. The van der Waals surface area contributed by atoms with Crippen molar-refractivity contribution in [3.63, 3.8) is 0 Å². The molecule has 1 aromatic rings. The Kier molecular flexibility index (Phi) is 7.19. The van der Waals surface area contributed by atoms with Crippen LogP contribution in [0.1, 0.15) is 33.5 Å². The van der Waals surface area contributed by atoms with E-state index in [0.717, 1.165) is 18.3 Å². The number of nitrogens with one attached hydrogen (secondary N) is 2. The maximum atomic E-state index is 4.47. The van der Waals surface area contributed by atoms with Gasteiger partial charge in [-0.1, -0.05) is 0 Å². The number of halogens is 1. The molecule has 0 atom stereocenters. The minimum atomic E-state index is -0.0130. The van der Waals surface area contributed by atoms with Crippen LogP contribution in [0.4, 0.5) is 0 Å². The molecule has 0 aliphatic heterocycles. The molecule has 0 bridgehead atoms. The van der Waals surface area contributed by atoms with Crippen molar-refractivity contribution in [3.8, 4) is 0 Å². The summed E-state index contributed by atoms with van der Waals surface area (Å²) in [4.78, 5) is 8.61. The number of hydrogen-bond donors (Lipinski definition) is 2. The molecule has 0 aromatic carbocycles. The van der Waals surface area contributed by atoms with Crippen LogP contribution in [0.5, 0.6) is 0 Å². The van der Waals surface area contributed by atoms with Crippen molar-refractivity contribution in [2.24, 2.45) is 12.0 Å². The Balaban J connectivity index is 0.00000289. The Morgan fingerprint density at radius 2 is 2.11 bits per heavy atom. The van der Waals surface area contributed by atoms with E-state index in [1.165, 1.54) is 6.33 Å². The van der Waals surface area contributed by atoms with Gasteiger partial charge in [-0.05, 0) is 27.7 Å². The molecule has 0 fully saturated rings. The molecular formula is C11H23IN6. The molecule has 1 aromatic heterocycles. The molecule has 6 nitrogen and oxygen atoms in total. The van der Waals surface area contributed by atoms with Crippen molar-refractivity contribution >= 4 is 29.9 Å². The molecular weight excluding hydrogens is 343 g/mol. The molecule has 104 valence electrons. The summed E-state index contributed by atoms with van der Waals surface area (Å²) >= 11 is 0. The molecule has 0 radical (unpaired) electrons. The third-order valence-corrected chi connectivity index (χ3v) is 2.02. The predicted octanol–water partition coefficient (Wildman–Crippen LogP) is 1.29. The zero-order valence-corrected chi connectivity index (χ0v) is 14.0. The highest BCUT2D eigenvalue weighted by molar-refractivity contribution is 14.0. The number of nitrogens with zero attached hydrogens (tertiary/aromatic N) is 4. The van der Waals surface area contributed by atoms with Crippen LogP contribution in [-0.4, -0.2) is 32.8 Å². The topological polar surface area (TPSA) is 67.1 Å². The minimum Gasteiger partial charge on any atom is -0.357 e. The Labute approximate surface area is 126 Å². The number of aryl methyl sites for hydroxylation is 1. The first kappa shape index (κ1) is 17.1. The molecule has 1 heterocycles. The fourth-order valence-corrected chi connectivity index (χ4v) is 1.28. The van der Waals surface area contributed by atoms with Gasteiger partial charge in [0.05, 0.1) is 0 Å². The number of guanidine groups is 1. The van der Waals surface area contributed by atoms with Gasteiger partial charge in [0.2, 0.25) is 0 Å². The van der Waals surface area contributed by atoms with Crippen LogP contribution in [0.25, 0.3) is 0 Å². The lowest BCUT2D eigenvalue weighted by atomic mass is 10.1. The fraction of sp³-hybridized carbons (Fsp3) is 0.727. The van der Waals surface area contributed by atoms with Gasteiger partial charge >= 0.3 is 0 Å². The predicted molar refractivity (Wildman–Crippen MR) is 84.1 cm³/mol. The van der Waals surface area contributed by atoms with Gasteiger partial charge in [-0.2, -0.15) is 5.10 Å². The zero-order valence-electron chi connectivity index (χ0n) is 11.7. The average Bonchev–Trinajstić information content (AvgIpc) is 2.59. The largest absolute Gasteiger partial charge is 0.357 e. The molecule has 0 saturated heterocycles. The maximum absolute atomic E-state index is 4.47. The molecule has 0 aliphatic carbocycles. The monoisotopic (exact) mass is 366 g/mol. The van der Waals surface area contributed by atoms with Crippen LogP contribution in [0, 0.1) is 0 Å². The molecule has 0 spiro atoms. The lowest BCUT2D eigenvalue weighted by Crippen LogP contribution is -2.47. The van der Waals surface area contributed by atoms with Crippen LogP contribution in [-0.2, 0) is 13.6 Å². The van der Waals surface area contributed by atoms with Crippen LogP contribution >= 0.6 is 24.0 Å². The lowest BCUT2D eigenvalue weighted by molar-refractivity contribution is 0.501. The summed E-state index contributed by atoms with van der Waals surface area (Å²) in [6.07, 6.45) is 1.54. The second-order valence-corrected chi connectivity index (χ2v) is 4.87. The first-order valence-corrected chi connectivity index (χ1v) is 5.81. The summed E-state index contributed by atoms with van der Waals surface area (Å²) in [5.41, 5.74) is -0.0130.